The summed E-state index contributed by atoms with van der Waals surface area (Å²) in [7, 11) is 0. The normalized spacial score (nSPS) is 20.0. The predicted molar refractivity (Wildman–Crippen MR) is 148 cm³/mol. The summed E-state index contributed by atoms with van der Waals surface area (Å²) >= 11 is 13.4. The van der Waals surface area contributed by atoms with Gasteiger partial charge in [-0.25, -0.2) is 0 Å². The molecule has 0 saturated carbocycles. The Morgan fingerprint density at radius 3 is 1.66 bits per heavy atom. The van der Waals surface area contributed by atoms with E-state index in [4.69, 9.17) is 0 Å². The van der Waals surface area contributed by atoms with Crippen LogP contribution in [0.3, 0.4) is 0 Å². The lowest BCUT2D eigenvalue weighted by molar-refractivity contribution is 1.57. The highest BCUT2D eigenvalue weighted by atomic mass is 32.2. The molecule has 0 aromatic carbocycles. The minimum atomic E-state index is 1.33. The topological polar surface area (TPSA) is 0 Å². The van der Waals surface area contributed by atoms with Crippen LogP contribution in [0.2, 0.25) is 0 Å². The summed E-state index contributed by atoms with van der Waals surface area (Å²) in [5.41, 5.74) is 1.38. The van der Waals surface area contributed by atoms with Crippen LogP contribution in [0.1, 0.15) is 51.3 Å². The first-order valence-corrected chi connectivity index (χ1v) is 14.9. The van der Waals surface area contributed by atoms with Crippen LogP contribution >= 0.6 is 81.9 Å². The molecule has 3 aliphatic rings. The first-order valence-electron chi connectivity index (χ1n) is 9.17. The lowest BCUT2D eigenvalue weighted by Crippen LogP contribution is -1.79. The molecule has 29 heavy (non-hydrogen) atoms. The molecule has 0 amide bonds. The molecule has 0 bridgehead atoms. The van der Waals surface area contributed by atoms with Gasteiger partial charge in [0.05, 0.1) is 8.47 Å². The van der Waals surface area contributed by atoms with E-state index in [1.54, 1.807) is 0 Å². The molecule has 0 unspecified atom stereocenters. The number of allylic oxidation sites excluding steroid dienone is 8. The summed E-state index contributed by atoms with van der Waals surface area (Å²) in [6, 6.07) is 4.58. The van der Waals surface area contributed by atoms with Gasteiger partial charge in [0.2, 0.25) is 0 Å². The molecule has 152 valence electrons. The molecule has 1 aromatic rings. The van der Waals surface area contributed by atoms with Crippen molar-refractivity contribution >= 4 is 93.6 Å². The van der Waals surface area contributed by atoms with E-state index in [-0.39, 0.29) is 0 Å². The Labute approximate surface area is 203 Å². The van der Waals surface area contributed by atoms with Crippen molar-refractivity contribution in [3.05, 3.63) is 70.1 Å². The molecular formula is C22H22S7. The lowest BCUT2D eigenvalue weighted by Gasteiger charge is -2.06. The maximum atomic E-state index is 2.41. The van der Waals surface area contributed by atoms with Gasteiger partial charge in [0.1, 0.15) is 0 Å². The summed E-state index contributed by atoms with van der Waals surface area (Å²) in [5.74, 6) is 0. The fourth-order valence-corrected chi connectivity index (χ4v) is 11.3. The van der Waals surface area contributed by atoms with Crippen LogP contribution in [-0.2, 0) is 0 Å². The third-order valence-corrected chi connectivity index (χ3v) is 13.3. The Hall–Kier alpha value is 0.240. The van der Waals surface area contributed by atoms with Crippen LogP contribution in [0.4, 0.5) is 0 Å². The Morgan fingerprint density at radius 1 is 0.621 bits per heavy atom. The number of thiophene rings is 1. The van der Waals surface area contributed by atoms with Crippen LogP contribution in [-0.4, -0.2) is 0 Å². The summed E-state index contributed by atoms with van der Waals surface area (Å²) in [5, 5.41) is 0. The van der Waals surface area contributed by atoms with Gasteiger partial charge >= 0.3 is 0 Å². The molecule has 7 heteroatoms. The zero-order valence-corrected chi connectivity index (χ0v) is 22.9. The Morgan fingerprint density at radius 2 is 1.10 bits per heavy atom. The smallest absolute Gasteiger partial charge is 0.0579 e. The second-order valence-electron chi connectivity index (χ2n) is 6.78. The minimum absolute atomic E-state index is 1.33. The van der Waals surface area contributed by atoms with Crippen molar-refractivity contribution in [3.8, 4) is 0 Å². The quantitative estimate of drug-likeness (QED) is 0.393. The molecule has 0 N–H and O–H groups in total. The van der Waals surface area contributed by atoms with Crippen LogP contribution in [0.5, 0.6) is 0 Å². The van der Waals surface area contributed by atoms with E-state index >= 15 is 0 Å². The van der Waals surface area contributed by atoms with Crippen LogP contribution in [0, 0.1) is 0 Å². The maximum absolute atomic E-state index is 2.41. The van der Waals surface area contributed by atoms with Crippen molar-refractivity contribution in [2.45, 2.75) is 41.5 Å². The summed E-state index contributed by atoms with van der Waals surface area (Å²) in [6.07, 6.45) is 4.76. The molecule has 0 nitrogen and oxygen atoms in total. The van der Waals surface area contributed by atoms with E-state index in [0.717, 1.165) is 0 Å². The SMILES string of the molecule is CC1=C(C)SC(=CC(=C2SC(C)=C(C)S2)c2ccc(C=C3SC(C)=C(C)S3)s2)S1. The maximum Gasteiger partial charge on any atom is 0.0579 e. The van der Waals surface area contributed by atoms with E-state index in [9.17, 15) is 0 Å². The molecule has 4 heterocycles. The van der Waals surface area contributed by atoms with Gasteiger partial charge in [0.25, 0.3) is 0 Å². The highest BCUT2D eigenvalue weighted by molar-refractivity contribution is 8.29. The van der Waals surface area contributed by atoms with Crippen molar-refractivity contribution in [2.75, 3.05) is 0 Å². The third-order valence-electron chi connectivity index (χ3n) is 4.63. The Kier molecular flexibility index (Phi) is 7.26. The third kappa shape index (κ3) is 5.18. The molecule has 1 aromatic heterocycles. The molecule has 4 rings (SSSR count). The number of thioether (sulfide) groups is 6. The van der Waals surface area contributed by atoms with Crippen LogP contribution in [0.15, 0.2) is 60.4 Å². The zero-order chi connectivity index (χ0) is 20.7. The van der Waals surface area contributed by atoms with E-state index < -0.39 is 0 Å². The summed E-state index contributed by atoms with van der Waals surface area (Å²) in [6.45, 7) is 13.3. The predicted octanol–water partition coefficient (Wildman–Crippen LogP) is 10.8. The van der Waals surface area contributed by atoms with Gasteiger partial charge in [0.15, 0.2) is 0 Å². The highest BCUT2D eigenvalue weighted by Crippen LogP contribution is 2.55. The van der Waals surface area contributed by atoms with Gasteiger partial charge in [-0.3, -0.25) is 0 Å². The van der Waals surface area contributed by atoms with Crippen LogP contribution < -0.4 is 0 Å². The fourth-order valence-electron chi connectivity index (χ4n) is 2.64. The molecule has 0 aliphatic carbocycles. The average Bonchev–Trinajstić information content (AvgIpc) is 3.39. The average molecular weight is 511 g/mol. The first kappa shape index (κ1) is 22.4. The monoisotopic (exact) mass is 510 g/mol. The van der Waals surface area contributed by atoms with Crippen molar-refractivity contribution in [1.82, 2.24) is 0 Å². The van der Waals surface area contributed by atoms with Gasteiger partial charge < -0.3 is 0 Å². The molecule has 0 fully saturated rings. The van der Waals surface area contributed by atoms with Gasteiger partial charge in [-0.05, 0) is 95.3 Å². The largest absolute Gasteiger partial charge is 0.136 e. The van der Waals surface area contributed by atoms with Crippen LogP contribution in [0.25, 0.3) is 11.6 Å². The highest BCUT2D eigenvalue weighted by Gasteiger charge is 2.22. The number of rotatable bonds is 3. The van der Waals surface area contributed by atoms with Gasteiger partial charge in [0, 0.05) is 19.6 Å². The molecule has 0 saturated heterocycles. The standard InChI is InChI=1S/C22H22S7/c1-11-12(2)24-20(23-11)9-17-7-8-19(29-17)18(22-27-15(5)16(6)28-22)10-21-25-13(3)14(4)26-21/h7-10H,1-6H3. The van der Waals surface area contributed by atoms with Gasteiger partial charge in [-0.2, -0.15) is 0 Å². The van der Waals surface area contributed by atoms with E-state index in [0.29, 0.717) is 0 Å². The Balaban J connectivity index is 1.65. The van der Waals surface area contributed by atoms with Gasteiger partial charge in [-0.1, -0.05) is 70.6 Å². The summed E-state index contributed by atoms with van der Waals surface area (Å²) in [4.78, 5) is 11.2. The van der Waals surface area contributed by atoms with Crippen molar-refractivity contribution < 1.29 is 0 Å². The lowest BCUT2D eigenvalue weighted by atomic mass is 10.2. The molecule has 0 radical (unpaired) electrons. The second-order valence-corrected chi connectivity index (χ2v) is 16.1. The Bertz CT molecular complexity index is 1010. The number of hydrogen-bond acceptors (Lipinski definition) is 7. The summed E-state index contributed by atoms with van der Waals surface area (Å²) < 4.78 is 4.18. The van der Waals surface area contributed by atoms with Crippen molar-refractivity contribution in [2.24, 2.45) is 0 Å². The van der Waals surface area contributed by atoms with E-state index in [2.05, 4.69) is 65.8 Å². The zero-order valence-electron chi connectivity index (χ0n) is 17.2. The molecular weight excluding hydrogens is 489 g/mol. The first-order chi connectivity index (χ1) is 13.8. The molecule has 0 spiro atoms. The second kappa shape index (κ2) is 9.39. The molecule has 3 aliphatic heterocycles. The van der Waals surface area contributed by atoms with E-state index in [1.165, 1.54) is 57.5 Å². The van der Waals surface area contributed by atoms with Gasteiger partial charge in [-0.15, -0.1) is 11.3 Å². The number of hydrogen-bond donors (Lipinski definition) is 0. The van der Waals surface area contributed by atoms with Crippen molar-refractivity contribution in [3.63, 3.8) is 0 Å². The van der Waals surface area contributed by atoms with E-state index in [1.807, 2.05) is 81.9 Å². The minimum Gasteiger partial charge on any atom is -0.136 e. The molecule has 0 atom stereocenters. The fraction of sp³-hybridized carbons (Fsp3) is 0.273. The van der Waals surface area contributed by atoms with Crippen molar-refractivity contribution in [1.29, 1.82) is 0 Å².